The topological polar surface area (TPSA) is 0 Å². The molecule has 0 nitrogen and oxygen atoms in total. The predicted octanol–water partition coefficient (Wildman–Crippen LogP) is 0.897. The van der Waals surface area contributed by atoms with Crippen LogP contribution in [0.4, 0.5) is 0 Å². The molecule has 0 aliphatic rings. The van der Waals surface area contributed by atoms with E-state index in [0.29, 0.717) is 0 Å². The van der Waals surface area contributed by atoms with Gasteiger partial charge in [-0.2, -0.15) is 0 Å². The van der Waals surface area contributed by atoms with Gasteiger partial charge in [0.2, 0.25) is 0 Å². The molecule has 0 N–H and O–H groups in total. The SMILES string of the molecule is [B]C(C)C([B])C([B])C. The minimum atomic E-state index is -0.0741. The Morgan fingerprint density at radius 2 is 1.12 bits per heavy atom. The summed E-state index contributed by atoms with van der Waals surface area (Å²) in [6.07, 6.45) is 0. The van der Waals surface area contributed by atoms with Crippen molar-refractivity contribution in [3.05, 3.63) is 0 Å². The van der Waals surface area contributed by atoms with Gasteiger partial charge in [0.05, 0.1) is 23.5 Å². The molecule has 0 amide bonds. The second kappa shape index (κ2) is 3.27. The molecule has 2 unspecified atom stereocenters. The fourth-order valence-corrected chi connectivity index (χ4v) is 0.479. The molecular formula is C5H9B3. The predicted molar refractivity (Wildman–Crippen MR) is 39.9 cm³/mol. The Bertz CT molecular complexity index is 52.7. The molecule has 0 aliphatic carbocycles. The maximum Gasteiger partial charge on any atom is 0.0689 e. The van der Waals surface area contributed by atoms with E-state index in [1.54, 1.807) is 0 Å². The molecule has 0 rings (SSSR count). The second-order valence-electron chi connectivity index (χ2n) is 2.30. The highest BCUT2D eigenvalue weighted by molar-refractivity contribution is 6.26. The van der Waals surface area contributed by atoms with Crippen molar-refractivity contribution in [3.63, 3.8) is 0 Å². The molecule has 0 aromatic heterocycles. The van der Waals surface area contributed by atoms with E-state index in [-0.39, 0.29) is 17.5 Å². The zero-order valence-corrected chi connectivity index (χ0v) is 5.46. The van der Waals surface area contributed by atoms with Crippen LogP contribution in [0.2, 0.25) is 17.5 Å². The van der Waals surface area contributed by atoms with Gasteiger partial charge in [-0.1, -0.05) is 31.3 Å². The fourth-order valence-electron chi connectivity index (χ4n) is 0.479. The lowest BCUT2D eigenvalue weighted by atomic mass is 9.57. The van der Waals surface area contributed by atoms with Gasteiger partial charge < -0.3 is 0 Å². The average molecular weight is 102 g/mol. The van der Waals surface area contributed by atoms with Crippen LogP contribution in [0.3, 0.4) is 0 Å². The quantitative estimate of drug-likeness (QED) is 0.454. The van der Waals surface area contributed by atoms with Crippen LogP contribution in [0.5, 0.6) is 0 Å². The van der Waals surface area contributed by atoms with E-state index in [9.17, 15) is 0 Å². The van der Waals surface area contributed by atoms with Crippen molar-refractivity contribution in [2.24, 2.45) is 0 Å². The normalized spacial score (nSPS) is 21.8. The monoisotopic (exact) mass is 102 g/mol. The van der Waals surface area contributed by atoms with Crippen molar-refractivity contribution in [1.29, 1.82) is 0 Å². The maximum absolute atomic E-state index is 5.51. The highest BCUT2D eigenvalue weighted by atomic mass is 14.0. The summed E-state index contributed by atoms with van der Waals surface area (Å²) < 4.78 is 0. The van der Waals surface area contributed by atoms with Gasteiger partial charge in [0, 0.05) is 0 Å². The molecule has 0 spiro atoms. The lowest BCUT2D eigenvalue weighted by molar-refractivity contribution is 0.763. The summed E-state index contributed by atoms with van der Waals surface area (Å²) in [6, 6.07) is 0. The zero-order chi connectivity index (χ0) is 6.73. The van der Waals surface area contributed by atoms with Crippen molar-refractivity contribution >= 4 is 23.5 Å². The summed E-state index contributed by atoms with van der Waals surface area (Å²) in [4.78, 5) is 0. The van der Waals surface area contributed by atoms with E-state index < -0.39 is 0 Å². The lowest BCUT2D eigenvalue weighted by Crippen LogP contribution is -2.05. The maximum atomic E-state index is 5.51. The van der Waals surface area contributed by atoms with Crippen molar-refractivity contribution in [2.75, 3.05) is 0 Å². The first-order valence-corrected chi connectivity index (χ1v) is 2.82. The summed E-state index contributed by atoms with van der Waals surface area (Å²) in [7, 11) is 16.4. The molecule has 6 radical (unpaired) electrons. The van der Waals surface area contributed by atoms with Gasteiger partial charge in [0.1, 0.15) is 0 Å². The smallest absolute Gasteiger partial charge is 0.0689 e. The summed E-state index contributed by atoms with van der Waals surface area (Å²) in [5.41, 5.74) is 0. The van der Waals surface area contributed by atoms with Crippen LogP contribution >= 0.6 is 0 Å². The Morgan fingerprint density at radius 3 is 1.12 bits per heavy atom. The van der Waals surface area contributed by atoms with E-state index in [2.05, 4.69) is 0 Å². The summed E-state index contributed by atoms with van der Waals surface area (Å²) in [5.74, 6) is -0.0833. The molecule has 0 bridgehead atoms. The first-order chi connectivity index (χ1) is 3.55. The van der Waals surface area contributed by atoms with Crippen LogP contribution in [0.15, 0.2) is 0 Å². The van der Waals surface area contributed by atoms with Gasteiger partial charge >= 0.3 is 0 Å². The van der Waals surface area contributed by atoms with Crippen molar-refractivity contribution < 1.29 is 0 Å². The first-order valence-electron chi connectivity index (χ1n) is 2.82. The number of hydrogen-bond donors (Lipinski definition) is 0. The standard InChI is InChI=1S/C5H9B3/c1-3(6)5(8)4(2)7/h3-5H,1-2H3. The van der Waals surface area contributed by atoms with Gasteiger partial charge in [0.25, 0.3) is 0 Å². The molecule has 0 aromatic carbocycles. The number of hydrogen-bond acceptors (Lipinski definition) is 0. The van der Waals surface area contributed by atoms with Crippen LogP contribution in [0, 0.1) is 0 Å². The minimum Gasteiger partial charge on any atom is -0.0876 e. The molecule has 38 valence electrons. The Balaban J connectivity index is 3.46. The summed E-state index contributed by atoms with van der Waals surface area (Å²) >= 11 is 0. The Kier molecular flexibility index (Phi) is 3.35. The van der Waals surface area contributed by atoms with Crippen LogP contribution < -0.4 is 0 Å². The van der Waals surface area contributed by atoms with E-state index in [1.165, 1.54) is 0 Å². The third kappa shape index (κ3) is 2.49. The molecule has 0 aliphatic heterocycles. The highest BCUT2D eigenvalue weighted by Gasteiger charge is 2.08. The molecule has 2 atom stereocenters. The van der Waals surface area contributed by atoms with Crippen LogP contribution in [0.1, 0.15) is 13.8 Å². The van der Waals surface area contributed by atoms with Crippen LogP contribution in [-0.4, -0.2) is 23.5 Å². The molecule has 8 heavy (non-hydrogen) atoms. The molecule has 0 fully saturated rings. The Hall–Kier alpha value is 0.195. The second-order valence-corrected chi connectivity index (χ2v) is 2.30. The molecule has 0 heterocycles. The Morgan fingerprint density at radius 1 is 0.875 bits per heavy atom. The van der Waals surface area contributed by atoms with E-state index >= 15 is 0 Å². The van der Waals surface area contributed by atoms with Crippen molar-refractivity contribution in [3.8, 4) is 0 Å². The third-order valence-corrected chi connectivity index (χ3v) is 1.21. The largest absolute Gasteiger partial charge is 0.0876 e. The van der Waals surface area contributed by atoms with E-state index in [0.717, 1.165) is 0 Å². The molecule has 3 heteroatoms. The molecule has 0 saturated heterocycles. The zero-order valence-electron chi connectivity index (χ0n) is 5.46. The van der Waals surface area contributed by atoms with Crippen LogP contribution in [0.25, 0.3) is 0 Å². The molecular weight excluding hydrogens is 92.5 g/mol. The fraction of sp³-hybridized carbons (Fsp3) is 1.00. The Labute approximate surface area is 55.7 Å². The van der Waals surface area contributed by atoms with Gasteiger partial charge in [-0.3, -0.25) is 0 Å². The summed E-state index contributed by atoms with van der Waals surface area (Å²) in [5, 5.41) is 0. The van der Waals surface area contributed by atoms with Gasteiger partial charge in [-0.15, -0.1) is 0 Å². The average Bonchev–Trinajstić information content (AvgIpc) is 1.64. The molecule has 0 aromatic rings. The molecule has 0 saturated carbocycles. The number of rotatable bonds is 2. The van der Waals surface area contributed by atoms with Gasteiger partial charge in [-0.05, 0) is 0 Å². The van der Waals surface area contributed by atoms with E-state index in [4.69, 9.17) is 23.5 Å². The van der Waals surface area contributed by atoms with Gasteiger partial charge in [0.15, 0.2) is 0 Å². The third-order valence-electron chi connectivity index (χ3n) is 1.21. The lowest BCUT2D eigenvalue weighted by Gasteiger charge is -2.20. The summed E-state index contributed by atoms with van der Waals surface area (Å²) in [6.45, 7) is 3.71. The van der Waals surface area contributed by atoms with Gasteiger partial charge in [-0.25, -0.2) is 0 Å². The van der Waals surface area contributed by atoms with Crippen molar-refractivity contribution in [1.82, 2.24) is 0 Å². The van der Waals surface area contributed by atoms with E-state index in [1.807, 2.05) is 13.8 Å². The first kappa shape index (κ1) is 8.19. The minimum absolute atomic E-state index is 0.00463. The van der Waals surface area contributed by atoms with Crippen LogP contribution in [-0.2, 0) is 0 Å². The highest BCUT2D eigenvalue weighted by Crippen LogP contribution is 2.27. The van der Waals surface area contributed by atoms with Crippen molar-refractivity contribution in [2.45, 2.75) is 31.3 Å².